The van der Waals surface area contributed by atoms with E-state index < -0.39 is 18.0 Å². The summed E-state index contributed by atoms with van der Waals surface area (Å²) < 4.78 is 0. The van der Waals surface area contributed by atoms with Crippen LogP contribution in [0.2, 0.25) is 0 Å². The number of imide groups is 1. The SMILES string of the molecule is C=CCNC(=O)NC(=O)CN(C)CC(C)O. The first-order chi connectivity index (χ1) is 7.45. The minimum atomic E-state index is -0.546. The Morgan fingerprint density at radius 3 is 2.69 bits per heavy atom. The lowest BCUT2D eigenvalue weighted by Crippen LogP contribution is -2.44. The van der Waals surface area contributed by atoms with E-state index in [1.54, 1.807) is 18.9 Å². The van der Waals surface area contributed by atoms with Crippen molar-refractivity contribution in [3.8, 4) is 0 Å². The van der Waals surface area contributed by atoms with Gasteiger partial charge in [0.05, 0.1) is 12.6 Å². The van der Waals surface area contributed by atoms with Gasteiger partial charge in [-0.3, -0.25) is 15.0 Å². The first kappa shape index (κ1) is 14.6. The molecule has 0 fully saturated rings. The van der Waals surface area contributed by atoms with Gasteiger partial charge in [0.1, 0.15) is 0 Å². The van der Waals surface area contributed by atoms with E-state index in [4.69, 9.17) is 5.11 Å². The fourth-order valence-electron chi connectivity index (χ4n) is 1.14. The van der Waals surface area contributed by atoms with Crippen LogP contribution in [-0.2, 0) is 4.79 Å². The van der Waals surface area contributed by atoms with E-state index >= 15 is 0 Å². The Kier molecular flexibility index (Phi) is 7.15. The second kappa shape index (κ2) is 7.84. The molecule has 0 spiro atoms. The first-order valence-corrected chi connectivity index (χ1v) is 5.01. The summed E-state index contributed by atoms with van der Waals surface area (Å²) in [5.74, 6) is -0.412. The predicted molar refractivity (Wildman–Crippen MR) is 60.9 cm³/mol. The summed E-state index contributed by atoms with van der Waals surface area (Å²) in [6.45, 7) is 5.81. The first-order valence-electron chi connectivity index (χ1n) is 5.01. The summed E-state index contributed by atoms with van der Waals surface area (Å²) in [6.07, 6.45) is 1.01. The zero-order valence-corrected chi connectivity index (χ0v) is 9.69. The monoisotopic (exact) mass is 229 g/mol. The summed E-state index contributed by atoms with van der Waals surface area (Å²) in [5.41, 5.74) is 0. The number of carbonyl (C=O) groups excluding carboxylic acids is 2. The molecule has 1 atom stereocenters. The van der Waals surface area contributed by atoms with Gasteiger partial charge in [-0.2, -0.15) is 0 Å². The Hall–Kier alpha value is -1.40. The number of nitrogens with zero attached hydrogens (tertiary/aromatic N) is 1. The molecule has 92 valence electrons. The number of carbonyl (C=O) groups is 2. The molecular formula is C10H19N3O3. The molecule has 0 aliphatic rings. The lowest BCUT2D eigenvalue weighted by atomic mass is 10.3. The van der Waals surface area contributed by atoms with Crippen LogP contribution in [0.25, 0.3) is 0 Å². The molecule has 16 heavy (non-hydrogen) atoms. The highest BCUT2D eigenvalue weighted by atomic mass is 16.3. The van der Waals surface area contributed by atoms with Crippen molar-refractivity contribution >= 4 is 11.9 Å². The molecule has 0 saturated heterocycles. The maximum Gasteiger partial charge on any atom is 0.321 e. The van der Waals surface area contributed by atoms with Crippen LogP contribution in [0.3, 0.4) is 0 Å². The van der Waals surface area contributed by atoms with Gasteiger partial charge in [-0.15, -0.1) is 6.58 Å². The van der Waals surface area contributed by atoms with Crippen molar-refractivity contribution < 1.29 is 14.7 Å². The fraction of sp³-hybridized carbons (Fsp3) is 0.600. The van der Waals surface area contributed by atoms with Gasteiger partial charge in [0, 0.05) is 13.1 Å². The van der Waals surface area contributed by atoms with E-state index in [0.717, 1.165) is 0 Å². The van der Waals surface area contributed by atoms with Crippen molar-refractivity contribution in [1.29, 1.82) is 0 Å². The molecule has 0 saturated carbocycles. The van der Waals surface area contributed by atoms with Crippen LogP contribution < -0.4 is 10.6 Å². The molecule has 6 nitrogen and oxygen atoms in total. The van der Waals surface area contributed by atoms with Crippen molar-refractivity contribution in [3.63, 3.8) is 0 Å². The van der Waals surface area contributed by atoms with Crippen LogP contribution >= 0.6 is 0 Å². The molecule has 3 amide bonds. The normalized spacial score (nSPS) is 12.0. The Morgan fingerprint density at radius 1 is 1.56 bits per heavy atom. The quantitative estimate of drug-likeness (QED) is 0.527. The number of aliphatic hydroxyl groups is 1. The third-order valence-corrected chi connectivity index (χ3v) is 1.65. The number of hydrogen-bond acceptors (Lipinski definition) is 4. The third-order valence-electron chi connectivity index (χ3n) is 1.65. The van der Waals surface area contributed by atoms with Gasteiger partial charge in [0.15, 0.2) is 0 Å². The molecule has 0 aliphatic carbocycles. The Bertz CT molecular complexity index is 254. The molecule has 0 heterocycles. The van der Waals surface area contributed by atoms with Crippen molar-refractivity contribution in [2.24, 2.45) is 0 Å². The molecule has 0 bridgehead atoms. The maximum atomic E-state index is 11.3. The average Bonchev–Trinajstić information content (AvgIpc) is 2.12. The largest absolute Gasteiger partial charge is 0.392 e. The van der Waals surface area contributed by atoms with Gasteiger partial charge in [-0.1, -0.05) is 6.08 Å². The van der Waals surface area contributed by atoms with Crippen molar-refractivity contribution in [1.82, 2.24) is 15.5 Å². The standard InChI is InChI=1S/C10H19N3O3/c1-4-5-11-10(16)12-9(15)7-13(3)6-8(2)14/h4,8,14H,1,5-7H2,2-3H3,(H2,11,12,15,16). The second-order valence-corrected chi connectivity index (χ2v) is 3.59. The Morgan fingerprint density at radius 2 is 2.19 bits per heavy atom. The number of amides is 3. The van der Waals surface area contributed by atoms with E-state index in [9.17, 15) is 9.59 Å². The van der Waals surface area contributed by atoms with Crippen LogP contribution in [0, 0.1) is 0 Å². The van der Waals surface area contributed by atoms with Crippen molar-refractivity contribution in [2.75, 3.05) is 26.7 Å². The molecule has 0 aromatic heterocycles. The van der Waals surface area contributed by atoms with E-state index in [2.05, 4.69) is 17.2 Å². The highest BCUT2D eigenvalue weighted by molar-refractivity contribution is 5.95. The van der Waals surface area contributed by atoms with E-state index in [0.29, 0.717) is 13.1 Å². The minimum absolute atomic E-state index is 0.0619. The zero-order valence-electron chi connectivity index (χ0n) is 9.69. The topological polar surface area (TPSA) is 81.7 Å². The molecule has 0 aliphatic heterocycles. The van der Waals surface area contributed by atoms with Crippen LogP contribution in [0.1, 0.15) is 6.92 Å². The third kappa shape index (κ3) is 7.95. The molecular weight excluding hydrogens is 210 g/mol. The predicted octanol–water partition coefficient (Wildman–Crippen LogP) is -0.689. The number of urea groups is 1. The van der Waals surface area contributed by atoms with Gasteiger partial charge in [0.2, 0.25) is 5.91 Å². The van der Waals surface area contributed by atoms with Gasteiger partial charge in [0.25, 0.3) is 0 Å². The Balaban J connectivity index is 3.80. The van der Waals surface area contributed by atoms with Crippen LogP contribution in [-0.4, -0.2) is 54.7 Å². The molecule has 0 radical (unpaired) electrons. The number of likely N-dealkylation sites (N-methyl/N-ethyl adjacent to an activating group) is 1. The van der Waals surface area contributed by atoms with Gasteiger partial charge >= 0.3 is 6.03 Å². The second-order valence-electron chi connectivity index (χ2n) is 3.59. The summed E-state index contributed by atoms with van der Waals surface area (Å²) >= 11 is 0. The Labute approximate surface area is 95.3 Å². The van der Waals surface area contributed by atoms with Crippen LogP contribution in [0.15, 0.2) is 12.7 Å². The molecule has 0 aromatic rings. The number of hydrogen-bond donors (Lipinski definition) is 3. The van der Waals surface area contributed by atoms with E-state index in [1.807, 2.05) is 0 Å². The molecule has 3 N–H and O–H groups in total. The molecule has 6 heteroatoms. The lowest BCUT2D eigenvalue weighted by molar-refractivity contribution is -0.121. The van der Waals surface area contributed by atoms with Crippen molar-refractivity contribution in [2.45, 2.75) is 13.0 Å². The van der Waals surface area contributed by atoms with Gasteiger partial charge < -0.3 is 10.4 Å². The van der Waals surface area contributed by atoms with Crippen molar-refractivity contribution in [3.05, 3.63) is 12.7 Å². The fourth-order valence-corrected chi connectivity index (χ4v) is 1.14. The van der Waals surface area contributed by atoms with Gasteiger partial charge in [-0.25, -0.2) is 4.79 Å². The zero-order chi connectivity index (χ0) is 12.6. The summed E-state index contributed by atoms with van der Waals surface area (Å²) in [6, 6.07) is -0.546. The number of aliphatic hydroxyl groups excluding tert-OH is 1. The van der Waals surface area contributed by atoms with E-state index in [1.165, 1.54) is 6.08 Å². The molecule has 0 aromatic carbocycles. The van der Waals surface area contributed by atoms with Gasteiger partial charge in [-0.05, 0) is 14.0 Å². The van der Waals surface area contributed by atoms with Crippen LogP contribution in [0.5, 0.6) is 0 Å². The summed E-state index contributed by atoms with van der Waals surface area (Å²) in [7, 11) is 1.69. The summed E-state index contributed by atoms with van der Waals surface area (Å²) in [4.78, 5) is 24.0. The summed E-state index contributed by atoms with van der Waals surface area (Å²) in [5, 5.41) is 13.6. The maximum absolute atomic E-state index is 11.3. The minimum Gasteiger partial charge on any atom is -0.392 e. The average molecular weight is 229 g/mol. The molecule has 1 unspecified atom stereocenters. The van der Waals surface area contributed by atoms with E-state index in [-0.39, 0.29) is 6.54 Å². The molecule has 0 rings (SSSR count). The lowest BCUT2D eigenvalue weighted by Gasteiger charge is -2.17. The van der Waals surface area contributed by atoms with Crippen LogP contribution in [0.4, 0.5) is 4.79 Å². The number of rotatable bonds is 6. The highest BCUT2D eigenvalue weighted by Crippen LogP contribution is 1.87. The number of nitrogens with one attached hydrogen (secondary N) is 2. The highest BCUT2D eigenvalue weighted by Gasteiger charge is 2.10. The smallest absolute Gasteiger partial charge is 0.321 e.